The molecule has 0 N–H and O–H groups in total. The third-order valence-electron chi connectivity index (χ3n) is 7.02. The van der Waals surface area contributed by atoms with Gasteiger partial charge in [0.2, 0.25) is 0 Å². The summed E-state index contributed by atoms with van der Waals surface area (Å²) in [6, 6.07) is 4.61. The molecule has 0 unspecified atom stereocenters. The maximum absolute atomic E-state index is 5.43. The van der Waals surface area contributed by atoms with Crippen LogP contribution in [-0.4, -0.2) is 9.97 Å². The normalized spacial score (nSPS) is 12.5. The molecule has 0 aliphatic rings. The summed E-state index contributed by atoms with van der Waals surface area (Å²) in [6.45, 7) is 34.1. The highest BCUT2D eigenvalue weighted by Gasteiger charge is 2.29. The van der Waals surface area contributed by atoms with Gasteiger partial charge in [0.1, 0.15) is 0 Å². The van der Waals surface area contributed by atoms with E-state index in [1.807, 2.05) is 41.5 Å². The fourth-order valence-electron chi connectivity index (χ4n) is 4.15. The van der Waals surface area contributed by atoms with Crippen LogP contribution in [0.25, 0.3) is 22.2 Å². The summed E-state index contributed by atoms with van der Waals surface area (Å²) >= 11 is 0. The van der Waals surface area contributed by atoms with E-state index in [2.05, 4.69) is 118 Å². The molecule has 39 heavy (non-hydrogen) atoms. The first-order valence-electron chi connectivity index (χ1n) is 15.6. The van der Waals surface area contributed by atoms with Crippen molar-refractivity contribution in [3.8, 4) is 0 Å². The lowest BCUT2D eigenvalue weighted by atomic mass is 9.76. The van der Waals surface area contributed by atoms with Crippen molar-refractivity contribution >= 4 is 22.2 Å². The molecular formula is C37H62N2. The molecule has 2 aromatic rings. The van der Waals surface area contributed by atoms with E-state index in [9.17, 15) is 0 Å². The fraction of sp³-hybridized carbons (Fsp3) is 0.568. The Hall–Kier alpha value is -2.48. The smallest absolute Gasteiger partial charge is 0.0969 e. The lowest BCUT2D eigenvalue weighted by Crippen LogP contribution is -2.21. The number of hydrogen-bond donors (Lipinski definition) is 0. The Morgan fingerprint density at radius 2 is 1.00 bits per heavy atom. The molecule has 0 aliphatic heterocycles. The second kappa shape index (κ2) is 19.6. The molecule has 1 aromatic carbocycles. The molecule has 0 fully saturated rings. The van der Waals surface area contributed by atoms with Crippen LogP contribution in [0.15, 0.2) is 48.6 Å². The van der Waals surface area contributed by atoms with Crippen molar-refractivity contribution in [2.24, 2.45) is 0 Å². The minimum Gasteiger partial charge on any atom is -0.244 e. The van der Waals surface area contributed by atoms with Gasteiger partial charge in [0.05, 0.1) is 22.4 Å². The lowest BCUT2D eigenvalue weighted by molar-refractivity contribution is 0.501. The molecular weight excluding hydrogens is 472 g/mol. The van der Waals surface area contributed by atoms with Crippen LogP contribution in [0.3, 0.4) is 0 Å². The van der Waals surface area contributed by atoms with Crippen LogP contribution in [-0.2, 0) is 10.8 Å². The van der Waals surface area contributed by atoms with Gasteiger partial charge in [-0.3, -0.25) is 0 Å². The molecule has 2 heteroatoms. The molecule has 0 bridgehead atoms. The molecule has 220 valence electrons. The Morgan fingerprint density at radius 3 is 1.31 bits per heavy atom. The Kier molecular flexibility index (Phi) is 19.4. The number of fused-ring (bicyclic) bond motifs is 1. The predicted molar refractivity (Wildman–Crippen MR) is 182 cm³/mol. The van der Waals surface area contributed by atoms with Crippen LogP contribution in [0, 0.1) is 0 Å². The van der Waals surface area contributed by atoms with Crippen molar-refractivity contribution in [2.45, 2.75) is 141 Å². The predicted octanol–water partition coefficient (Wildman–Crippen LogP) is 12.4. The van der Waals surface area contributed by atoms with E-state index in [1.165, 1.54) is 11.1 Å². The van der Waals surface area contributed by atoms with E-state index in [0.717, 1.165) is 52.8 Å². The second-order valence-corrected chi connectivity index (χ2v) is 10.1. The maximum Gasteiger partial charge on any atom is 0.0969 e. The topological polar surface area (TPSA) is 25.8 Å². The first-order chi connectivity index (χ1) is 18.6. The Morgan fingerprint density at radius 1 is 0.641 bits per heavy atom. The van der Waals surface area contributed by atoms with E-state index in [1.54, 1.807) is 0 Å². The van der Waals surface area contributed by atoms with E-state index in [4.69, 9.17) is 9.97 Å². The Labute approximate surface area is 243 Å². The summed E-state index contributed by atoms with van der Waals surface area (Å²) in [6.07, 6.45) is 15.9. The fourth-order valence-corrected chi connectivity index (χ4v) is 4.15. The van der Waals surface area contributed by atoms with Gasteiger partial charge in [-0.25, -0.2) is 9.97 Å². The molecule has 1 aromatic heterocycles. The Balaban J connectivity index is 0. The van der Waals surface area contributed by atoms with Gasteiger partial charge < -0.3 is 0 Å². The van der Waals surface area contributed by atoms with Crippen LogP contribution < -0.4 is 0 Å². The van der Waals surface area contributed by atoms with E-state index in [0.29, 0.717) is 0 Å². The van der Waals surface area contributed by atoms with Crippen LogP contribution in [0.2, 0.25) is 0 Å². The van der Waals surface area contributed by atoms with Crippen LogP contribution in [0.4, 0.5) is 0 Å². The van der Waals surface area contributed by atoms with Gasteiger partial charge in [0.15, 0.2) is 0 Å². The summed E-state index contributed by atoms with van der Waals surface area (Å²) in [5, 5.41) is 0. The monoisotopic (exact) mass is 534 g/mol. The number of nitrogens with zero attached hydrogens (tertiary/aromatic N) is 2. The van der Waals surface area contributed by atoms with E-state index in [-0.39, 0.29) is 10.8 Å². The van der Waals surface area contributed by atoms with Crippen molar-refractivity contribution in [3.63, 3.8) is 0 Å². The van der Waals surface area contributed by atoms with Gasteiger partial charge in [-0.05, 0) is 73.1 Å². The van der Waals surface area contributed by atoms with E-state index >= 15 is 0 Å². The van der Waals surface area contributed by atoms with E-state index < -0.39 is 0 Å². The summed E-state index contributed by atoms with van der Waals surface area (Å²) in [5.41, 5.74) is 8.84. The minimum absolute atomic E-state index is 0.0164. The minimum atomic E-state index is 0.0164. The zero-order valence-electron chi connectivity index (χ0n) is 28.6. The SMILES string of the molecule is C/C=C\C(=C/C)c1nc2c(C(C)(C)CC)ccc(C(C)(C)CC)c2nc1C(/C=C\C)=C/CC.CC.CC.CC. The zero-order chi connectivity index (χ0) is 30.8. The maximum atomic E-state index is 5.43. The first-order valence-corrected chi connectivity index (χ1v) is 15.6. The molecule has 0 saturated carbocycles. The molecule has 1 heterocycles. The van der Waals surface area contributed by atoms with Crippen molar-refractivity contribution in [2.75, 3.05) is 0 Å². The first kappa shape index (κ1) is 38.7. The molecule has 0 radical (unpaired) electrons. The van der Waals surface area contributed by atoms with Crippen molar-refractivity contribution in [1.29, 1.82) is 0 Å². The summed E-state index contributed by atoms with van der Waals surface area (Å²) in [7, 11) is 0. The van der Waals surface area contributed by atoms with Crippen LogP contribution in [0.5, 0.6) is 0 Å². The number of hydrogen-bond acceptors (Lipinski definition) is 2. The van der Waals surface area contributed by atoms with Gasteiger partial charge in [0, 0.05) is 0 Å². The van der Waals surface area contributed by atoms with Gasteiger partial charge in [-0.1, -0.05) is 139 Å². The standard InChI is InChI=1S/C31H44N2.3C2H6/c1-11-17-22(14-4)26-27(23(18-12-2)19-13-3)33-29-25(31(9,10)16-6)21-20-24(28(29)32-26)30(7,8)15-5;3*1-2/h11-12,14,17-21H,13,15-16H2,1-10H3;3*1-2H3/b17-11-,18-12-,22-14+,23-19+;;;. The number of allylic oxidation sites excluding steroid dienone is 8. The Bertz CT molecular complexity index is 1090. The van der Waals surface area contributed by atoms with Gasteiger partial charge in [0.25, 0.3) is 0 Å². The van der Waals surface area contributed by atoms with Crippen molar-refractivity contribution < 1.29 is 0 Å². The second-order valence-electron chi connectivity index (χ2n) is 10.1. The third-order valence-corrected chi connectivity index (χ3v) is 7.02. The highest BCUT2D eigenvalue weighted by Crippen LogP contribution is 2.39. The largest absolute Gasteiger partial charge is 0.244 e. The lowest BCUT2D eigenvalue weighted by Gasteiger charge is -2.30. The number of aromatic nitrogens is 2. The van der Waals surface area contributed by atoms with Gasteiger partial charge in [-0.2, -0.15) is 0 Å². The average Bonchev–Trinajstić information content (AvgIpc) is 2.97. The van der Waals surface area contributed by atoms with Crippen LogP contribution >= 0.6 is 0 Å². The van der Waals surface area contributed by atoms with Crippen LogP contribution in [0.1, 0.15) is 153 Å². The summed E-state index contributed by atoms with van der Waals surface area (Å²) in [5.74, 6) is 0. The number of rotatable bonds is 9. The average molecular weight is 535 g/mol. The molecule has 2 rings (SSSR count). The number of benzene rings is 1. The van der Waals surface area contributed by atoms with Crippen molar-refractivity contribution in [3.05, 3.63) is 71.1 Å². The molecule has 0 aliphatic carbocycles. The quantitative estimate of drug-likeness (QED) is 0.299. The summed E-state index contributed by atoms with van der Waals surface area (Å²) in [4.78, 5) is 10.8. The highest BCUT2D eigenvalue weighted by molar-refractivity contribution is 5.91. The molecule has 0 amide bonds. The molecule has 0 atom stereocenters. The molecule has 0 spiro atoms. The van der Waals surface area contributed by atoms with Gasteiger partial charge in [-0.15, -0.1) is 0 Å². The highest BCUT2D eigenvalue weighted by atomic mass is 14.8. The molecule has 0 saturated heterocycles. The summed E-state index contributed by atoms with van der Waals surface area (Å²) < 4.78 is 0. The zero-order valence-corrected chi connectivity index (χ0v) is 28.6. The van der Waals surface area contributed by atoms with Gasteiger partial charge >= 0.3 is 0 Å². The molecule has 2 nitrogen and oxygen atoms in total. The van der Waals surface area contributed by atoms with Crippen molar-refractivity contribution in [1.82, 2.24) is 9.97 Å². The third kappa shape index (κ3) is 9.89.